The first-order chi connectivity index (χ1) is 8.85. The maximum Gasteiger partial charge on any atom is 0.0234 e. The molecule has 18 heavy (non-hydrogen) atoms. The van der Waals surface area contributed by atoms with Crippen molar-refractivity contribution in [3.8, 4) is 0 Å². The van der Waals surface area contributed by atoms with Gasteiger partial charge in [0.15, 0.2) is 0 Å². The van der Waals surface area contributed by atoms with Gasteiger partial charge in [0.25, 0.3) is 0 Å². The van der Waals surface area contributed by atoms with Gasteiger partial charge in [0.2, 0.25) is 0 Å². The Hall–Kier alpha value is -0.860. The third-order valence-electron chi connectivity index (χ3n) is 4.48. The Labute approximate surface area is 110 Å². The molecule has 0 radical (unpaired) electrons. The lowest BCUT2D eigenvalue weighted by Crippen LogP contribution is -2.43. The topological polar surface area (TPSA) is 15.3 Å². The van der Waals surface area contributed by atoms with Crippen molar-refractivity contribution < 1.29 is 0 Å². The molecular weight excluding hydrogens is 220 g/mol. The number of fused-ring (bicyclic) bond motifs is 1. The molecular formula is C16H24N2. The van der Waals surface area contributed by atoms with Gasteiger partial charge in [0, 0.05) is 19.1 Å². The van der Waals surface area contributed by atoms with Gasteiger partial charge in [-0.1, -0.05) is 18.2 Å². The van der Waals surface area contributed by atoms with E-state index in [0.717, 1.165) is 6.54 Å². The maximum absolute atomic E-state index is 3.42. The third-order valence-corrected chi connectivity index (χ3v) is 4.48. The number of piperidine rings is 1. The fourth-order valence-electron chi connectivity index (χ4n) is 3.42. The minimum Gasteiger partial charge on any atom is -0.316 e. The summed E-state index contributed by atoms with van der Waals surface area (Å²) >= 11 is 0. The van der Waals surface area contributed by atoms with Crippen molar-refractivity contribution >= 4 is 0 Å². The normalized spacial score (nSPS) is 24.2. The highest BCUT2D eigenvalue weighted by Gasteiger charge is 2.19. The lowest BCUT2D eigenvalue weighted by molar-refractivity contribution is 0.188. The average Bonchev–Trinajstić information content (AvgIpc) is 2.86. The molecule has 0 bridgehead atoms. The Balaban J connectivity index is 1.65. The van der Waals surface area contributed by atoms with E-state index in [0.29, 0.717) is 6.04 Å². The van der Waals surface area contributed by atoms with Crippen LogP contribution in [0.2, 0.25) is 0 Å². The van der Waals surface area contributed by atoms with Gasteiger partial charge in [-0.05, 0) is 62.4 Å². The molecule has 1 N–H and O–H groups in total. The summed E-state index contributed by atoms with van der Waals surface area (Å²) in [6, 6.07) is 7.84. The second kappa shape index (κ2) is 5.41. The summed E-state index contributed by atoms with van der Waals surface area (Å²) in [6.45, 7) is 3.59. The molecule has 0 saturated carbocycles. The van der Waals surface area contributed by atoms with Crippen molar-refractivity contribution in [1.29, 1.82) is 0 Å². The van der Waals surface area contributed by atoms with Crippen molar-refractivity contribution in [3.63, 3.8) is 0 Å². The van der Waals surface area contributed by atoms with Crippen molar-refractivity contribution in [2.45, 2.75) is 44.7 Å². The predicted octanol–water partition coefficient (Wildman–Crippen LogP) is 2.36. The lowest BCUT2D eigenvalue weighted by atomic mass is 10.0. The van der Waals surface area contributed by atoms with E-state index in [1.54, 1.807) is 11.1 Å². The van der Waals surface area contributed by atoms with E-state index in [1.807, 2.05) is 0 Å². The summed E-state index contributed by atoms with van der Waals surface area (Å²) in [6.07, 6.45) is 6.60. The Bertz CT molecular complexity index is 414. The lowest BCUT2D eigenvalue weighted by Gasteiger charge is -2.32. The second-order valence-corrected chi connectivity index (χ2v) is 5.82. The summed E-state index contributed by atoms with van der Waals surface area (Å²) in [5.41, 5.74) is 4.70. The van der Waals surface area contributed by atoms with E-state index >= 15 is 0 Å². The number of hydrogen-bond donors (Lipinski definition) is 1. The molecule has 1 aromatic carbocycles. The van der Waals surface area contributed by atoms with E-state index in [1.165, 1.54) is 50.8 Å². The van der Waals surface area contributed by atoms with Crippen molar-refractivity contribution in [3.05, 3.63) is 34.9 Å². The van der Waals surface area contributed by atoms with Gasteiger partial charge in [-0.2, -0.15) is 0 Å². The highest BCUT2D eigenvalue weighted by molar-refractivity contribution is 5.35. The highest BCUT2D eigenvalue weighted by Crippen LogP contribution is 2.24. The first kappa shape index (κ1) is 12.2. The van der Waals surface area contributed by atoms with Gasteiger partial charge in [-0.3, -0.25) is 4.90 Å². The smallest absolute Gasteiger partial charge is 0.0234 e. The summed E-state index contributed by atoms with van der Waals surface area (Å²) in [4.78, 5) is 2.60. The third kappa shape index (κ3) is 2.60. The van der Waals surface area contributed by atoms with Gasteiger partial charge < -0.3 is 5.32 Å². The second-order valence-electron chi connectivity index (χ2n) is 5.82. The molecule has 3 rings (SSSR count). The molecule has 1 aliphatic carbocycles. The zero-order chi connectivity index (χ0) is 12.4. The molecule has 0 spiro atoms. The monoisotopic (exact) mass is 244 g/mol. The first-order valence-corrected chi connectivity index (χ1v) is 7.35. The molecule has 2 heteroatoms. The molecule has 2 nitrogen and oxygen atoms in total. The molecule has 1 atom stereocenters. The number of benzene rings is 1. The van der Waals surface area contributed by atoms with Crippen LogP contribution in [0.4, 0.5) is 0 Å². The zero-order valence-electron chi connectivity index (χ0n) is 11.4. The van der Waals surface area contributed by atoms with Crippen LogP contribution in [0.25, 0.3) is 0 Å². The van der Waals surface area contributed by atoms with Gasteiger partial charge in [0.1, 0.15) is 0 Å². The van der Waals surface area contributed by atoms with Gasteiger partial charge in [0.05, 0.1) is 0 Å². The van der Waals surface area contributed by atoms with E-state index in [-0.39, 0.29) is 0 Å². The summed E-state index contributed by atoms with van der Waals surface area (Å²) in [5.74, 6) is 0. The Kier molecular flexibility index (Phi) is 3.67. The largest absolute Gasteiger partial charge is 0.316 e. The summed E-state index contributed by atoms with van der Waals surface area (Å²) in [5, 5.41) is 3.42. The average molecular weight is 244 g/mol. The van der Waals surface area contributed by atoms with Crippen molar-refractivity contribution in [2.75, 3.05) is 20.1 Å². The van der Waals surface area contributed by atoms with E-state index < -0.39 is 0 Å². The minimum atomic E-state index is 0.688. The molecule has 2 aliphatic rings. The summed E-state index contributed by atoms with van der Waals surface area (Å²) in [7, 11) is 2.09. The Morgan fingerprint density at radius 2 is 2.11 bits per heavy atom. The van der Waals surface area contributed by atoms with E-state index in [2.05, 4.69) is 35.5 Å². The predicted molar refractivity (Wildman–Crippen MR) is 75.8 cm³/mol. The fraction of sp³-hybridized carbons (Fsp3) is 0.625. The Morgan fingerprint density at radius 3 is 3.00 bits per heavy atom. The van der Waals surface area contributed by atoms with Crippen molar-refractivity contribution in [2.24, 2.45) is 0 Å². The quantitative estimate of drug-likeness (QED) is 0.878. The molecule has 1 aromatic rings. The molecule has 1 aliphatic heterocycles. The van der Waals surface area contributed by atoms with Crippen LogP contribution >= 0.6 is 0 Å². The van der Waals surface area contributed by atoms with Crippen LogP contribution in [-0.4, -0.2) is 31.1 Å². The number of aryl methyl sites for hydroxylation is 2. The minimum absolute atomic E-state index is 0.688. The molecule has 1 unspecified atom stereocenters. The van der Waals surface area contributed by atoms with Crippen LogP contribution in [0, 0.1) is 0 Å². The van der Waals surface area contributed by atoms with E-state index in [4.69, 9.17) is 0 Å². The molecule has 98 valence electrons. The SMILES string of the molecule is CNC1CCCN(Cc2ccc3c(c2)CCC3)C1. The van der Waals surface area contributed by atoms with Crippen LogP contribution in [0.3, 0.4) is 0 Å². The zero-order valence-corrected chi connectivity index (χ0v) is 11.4. The summed E-state index contributed by atoms with van der Waals surface area (Å²) < 4.78 is 0. The van der Waals surface area contributed by atoms with Gasteiger partial charge in [-0.15, -0.1) is 0 Å². The molecule has 1 saturated heterocycles. The number of hydrogen-bond acceptors (Lipinski definition) is 2. The molecule has 0 amide bonds. The maximum atomic E-state index is 3.42. The number of nitrogens with one attached hydrogen (secondary N) is 1. The van der Waals surface area contributed by atoms with Crippen LogP contribution in [0.5, 0.6) is 0 Å². The molecule has 1 heterocycles. The highest BCUT2D eigenvalue weighted by atomic mass is 15.2. The fourth-order valence-corrected chi connectivity index (χ4v) is 3.42. The molecule has 0 aromatic heterocycles. The number of nitrogens with zero attached hydrogens (tertiary/aromatic N) is 1. The number of likely N-dealkylation sites (N-methyl/N-ethyl adjacent to an activating group) is 1. The van der Waals surface area contributed by atoms with Crippen LogP contribution in [-0.2, 0) is 19.4 Å². The first-order valence-electron chi connectivity index (χ1n) is 7.35. The Morgan fingerprint density at radius 1 is 1.22 bits per heavy atom. The van der Waals surface area contributed by atoms with Gasteiger partial charge >= 0.3 is 0 Å². The number of rotatable bonds is 3. The molecule has 1 fully saturated rings. The van der Waals surface area contributed by atoms with Crippen molar-refractivity contribution in [1.82, 2.24) is 10.2 Å². The van der Waals surface area contributed by atoms with Crippen LogP contribution < -0.4 is 5.32 Å². The van der Waals surface area contributed by atoms with E-state index in [9.17, 15) is 0 Å². The van der Waals surface area contributed by atoms with Crippen LogP contribution in [0.1, 0.15) is 36.0 Å². The number of likely N-dealkylation sites (tertiary alicyclic amines) is 1. The van der Waals surface area contributed by atoms with Gasteiger partial charge in [-0.25, -0.2) is 0 Å². The van der Waals surface area contributed by atoms with Crippen LogP contribution in [0.15, 0.2) is 18.2 Å². The standard InChI is InChI=1S/C16H24N2/c1-17-16-6-3-9-18(12-16)11-13-7-8-14-4-2-5-15(14)10-13/h7-8,10,16-17H,2-6,9,11-12H2,1H3.